The second-order valence-corrected chi connectivity index (χ2v) is 5.31. The summed E-state index contributed by atoms with van der Waals surface area (Å²) in [7, 11) is 3.34. The van der Waals surface area contributed by atoms with Gasteiger partial charge in [0, 0.05) is 45.4 Å². The summed E-state index contributed by atoms with van der Waals surface area (Å²) < 4.78 is 10.4. The van der Waals surface area contributed by atoms with Gasteiger partial charge in [-0.05, 0) is 24.6 Å². The highest BCUT2D eigenvalue weighted by Gasteiger charge is 2.22. The molecule has 1 aromatic carbocycles. The molecule has 0 saturated carbocycles. The van der Waals surface area contributed by atoms with Crippen LogP contribution in [-0.2, 0) is 4.74 Å². The molecule has 1 aliphatic heterocycles. The third-order valence-corrected chi connectivity index (χ3v) is 3.93. The van der Waals surface area contributed by atoms with Crippen LogP contribution in [-0.4, -0.2) is 69.3 Å². The van der Waals surface area contributed by atoms with Crippen LogP contribution in [0.1, 0.15) is 15.9 Å². The number of piperazine rings is 1. The Morgan fingerprint density at radius 1 is 1.19 bits per heavy atom. The first-order chi connectivity index (χ1) is 10.2. The molecule has 21 heavy (non-hydrogen) atoms. The number of rotatable bonds is 5. The number of aryl methyl sites for hydroxylation is 1. The molecule has 0 aromatic heterocycles. The van der Waals surface area contributed by atoms with Gasteiger partial charge in [0.05, 0.1) is 13.7 Å². The van der Waals surface area contributed by atoms with Gasteiger partial charge in [-0.3, -0.25) is 9.69 Å². The van der Waals surface area contributed by atoms with Crippen LogP contribution in [0.25, 0.3) is 0 Å². The van der Waals surface area contributed by atoms with E-state index in [2.05, 4.69) is 4.90 Å². The fraction of sp³-hybridized carbons (Fsp3) is 0.562. The van der Waals surface area contributed by atoms with Gasteiger partial charge in [0.25, 0.3) is 5.91 Å². The van der Waals surface area contributed by atoms with Crippen molar-refractivity contribution in [1.82, 2.24) is 9.80 Å². The maximum atomic E-state index is 12.5. The zero-order valence-corrected chi connectivity index (χ0v) is 13.1. The molecule has 0 unspecified atom stereocenters. The van der Waals surface area contributed by atoms with E-state index in [-0.39, 0.29) is 5.91 Å². The van der Waals surface area contributed by atoms with Crippen molar-refractivity contribution >= 4 is 5.91 Å². The van der Waals surface area contributed by atoms with E-state index < -0.39 is 0 Å². The summed E-state index contributed by atoms with van der Waals surface area (Å²) in [5.41, 5.74) is 1.74. The molecule has 0 bridgehead atoms. The van der Waals surface area contributed by atoms with Gasteiger partial charge in [-0.2, -0.15) is 0 Å². The largest absolute Gasteiger partial charge is 0.496 e. The van der Waals surface area contributed by atoms with Crippen LogP contribution in [0.2, 0.25) is 0 Å². The van der Waals surface area contributed by atoms with Crippen molar-refractivity contribution in [2.75, 3.05) is 53.6 Å². The number of hydrogen-bond acceptors (Lipinski definition) is 4. The average Bonchev–Trinajstić information content (AvgIpc) is 2.53. The first-order valence-electron chi connectivity index (χ1n) is 7.31. The summed E-state index contributed by atoms with van der Waals surface area (Å²) in [5, 5.41) is 0. The summed E-state index contributed by atoms with van der Waals surface area (Å²) >= 11 is 0. The Balaban J connectivity index is 1.95. The molecule has 1 amide bonds. The predicted molar refractivity (Wildman–Crippen MR) is 82.0 cm³/mol. The molecule has 1 aromatic rings. The number of amides is 1. The Labute approximate surface area is 126 Å². The second-order valence-electron chi connectivity index (χ2n) is 5.31. The second kappa shape index (κ2) is 7.43. The minimum absolute atomic E-state index is 0.0830. The van der Waals surface area contributed by atoms with E-state index in [0.717, 1.165) is 50.6 Å². The maximum Gasteiger partial charge on any atom is 0.254 e. The maximum absolute atomic E-state index is 12.5. The third-order valence-electron chi connectivity index (χ3n) is 3.93. The van der Waals surface area contributed by atoms with Gasteiger partial charge < -0.3 is 14.4 Å². The van der Waals surface area contributed by atoms with Crippen LogP contribution in [0.5, 0.6) is 5.75 Å². The normalized spacial score (nSPS) is 16.0. The Morgan fingerprint density at radius 3 is 2.52 bits per heavy atom. The van der Waals surface area contributed by atoms with Crippen molar-refractivity contribution in [2.24, 2.45) is 0 Å². The van der Waals surface area contributed by atoms with E-state index in [1.807, 2.05) is 30.0 Å². The van der Waals surface area contributed by atoms with Gasteiger partial charge in [0.1, 0.15) is 5.75 Å². The lowest BCUT2D eigenvalue weighted by Crippen LogP contribution is -2.49. The van der Waals surface area contributed by atoms with Crippen LogP contribution in [0.4, 0.5) is 0 Å². The molecule has 1 fully saturated rings. The molecule has 5 heteroatoms. The first-order valence-corrected chi connectivity index (χ1v) is 7.31. The average molecular weight is 292 g/mol. The fourth-order valence-corrected chi connectivity index (χ4v) is 2.53. The number of hydrogen-bond donors (Lipinski definition) is 0. The lowest BCUT2D eigenvalue weighted by atomic mass is 10.1. The molecule has 0 aliphatic carbocycles. The Kier molecular flexibility index (Phi) is 5.59. The standard InChI is InChI=1S/C16H24N2O3/c1-13-4-5-14(12-15(13)21-3)16(19)18-8-6-17(7-9-18)10-11-20-2/h4-5,12H,6-11H2,1-3H3. The predicted octanol–water partition coefficient (Wildman–Crippen LogP) is 1.41. The van der Waals surface area contributed by atoms with Gasteiger partial charge in [0.2, 0.25) is 0 Å². The van der Waals surface area contributed by atoms with E-state index in [0.29, 0.717) is 5.56 Å². The van der Waals surface area contributed by atoms with Crippen LogP contribution in [0, 0.1) is 6.92 Å². The molecule has 116 valence electrons. The molecule has 0 N–H and O–H groups in total. The van der Waals surface area contributed by atoms with E-state index in [1.54, 1.807) is 14.2 Å². The summed E-state index contributed by atoms with van der Waals surface area (Å²) in [4.78, 5) is 16.8. The zero-order chi connectivity index (χ0) is 15.2. The van der Waals surface area contributed by atoms with Gasteiger partial charge >= 0.3 is 0 Å². The molecule has 5 nitrogen and oxygen atoms in total. The quantitative estimate of drug-likeness (QED) is 0.823. The molecule has 0 spiro atoms. The van der Waals surface area contributed by atoms with Gasteiger partial charge in [0.15, 0.2) is 0 Å². The molecular formula is C16H24N2O3. The van der Waals surface area contributed by atoms with Crippen LogP contribution >= 0.6 is 0 Å². The van der Waals surface area contributed by atoms with Crippen LogP contribution in [0.15, 0.2) is 18.2 Å². The molecule has 0 atom stereocenters. The molecule has 1 saturated heterocycles. The Bertz CT molecular complexity index is 482. The van der Waals surface area contributed by atoms with E-state index >= 15 is 0 Å². The summed E-state index contributed by atoms with van der Waals surface area (Å²) in [5.74, 6) is 0.847. The Morgan fingerprint density at radius 2 is 1.90 bits per heavy atom. The monoisotopic (exact) mass is 292 g/mol. The lowest BCUT2D eigenvalue weighted by molar-refractivity contribution is 0.0594. The van der Waals surface area contributed by atoms with Crippen molar-refractivity contribution in [3.05, 3.63) is 29.3 Å². The minimum atomic E-state index is 0.0830. The SMILES string of the molecule is COCCN1CCN(C(=O)c2ccc(C)c(OC)c2)CC1. The van der Waals surface area contributed by atoms with Crippen LogP contribution in [0.3, 0.4) is 0 Å². The highest BCUT2D eigenvalue weighted by molar-refractivity contribution is 5.94. The molecule has 0 radical (unpaired) electrons. The lowest BCUT2D eigenvalue weighted by Gasteiger charge is -2.34. The summed E-state index contributed by atoms with van der Waals surface area (Å²) in [6.45, 7) is 6.97. The number of nitrogens with zero attached hydrogens (tertiary/aromatic N) is 2. The van der Waals surface area contributed by atoms with Gasteiger partial charge in [-0.25, -0.2) is 0 Å². The van der Waals surface area contributed by atoms with Crippen molar-refractivity contribution in [2.45, 2.75) is 6.92 Å². The number of benzene rings is 1. The van der Waals surface area contributed by atoms with Crippen LogP contribution < -0.4 is 4.74 Å². The highest BCUT2D eigenvalue weighted by Crippen LogP contribution is 2.20. The number of carbonyl (C=O) groups is 1. The topological polar surface area (TPSA) is 42.0 Å². The van der Waals surface area contributed by atoms with Crippen molar-refractivity contribution in [3.63, 3.8) is 0 Å². The highest BCUT2D eigenvalue weighted by atomic mass is 16.5. The fourth-order valence-electron chi connectivity index (χ4n) is 2.53. The number of carbonyl (C=O) groups excluding carboxylic acids is 1. The summed E-state index contributed by atoms with van der Waals surface area (Å²) in [6, 6.07) is 5.63. The first kappa shape index (κ1) is 15.8. The number of ether oxygens (including phenoxy) is 2. The van der Waals surface area contributed by atoms with Crippen molar-refractivity contribution in [1.29, 1.82) is 0 Å². The van der Waals surface area contributed by atoms with Gasteiger partial charge in [-0.15, -0.1) is 0 Å². The van der Waals surface area contributed by atoms with Crippen molar-refractivity contribution in [3.8, 4) is 5.75 Å². The number of methoxy groups -OCH3 is 2. The Hall–Kier alpha value is -1.59. The molecule has 1 aliphatic rings. The zero-order valence-electron chi connectivity index (χ0n) is 13.1. The van der Waals surface area contributed by atoms with Crippen molar-refractivity contribution < 1.29 is 14.3 Å². The van der Waals surface area contributed by atoms with E-state index in [9.17, 15) is 4.79 Å². The molecular weight excluding hydrogens is 268 g/mol. The molecule has 2 rings (SSSR count). The smallest absolute Gasteiger partial charge is 0.254 e. The minimum Gasteiger partial charge on any atom is -0.496 e. The van der Waals surface area contributed by atoms with E-state index in [4.69, 9.17) is 9.47 Å². The van der Waals surface area contributed by atoms with E-state index in [1.165, 1.54) is 0 Å². The summed E-state index contributed by atoms with van der Waals surface area (Å²) in [6.07, 6.45) is 0. The molecule has 1 heterocycles. The third kappa shape index (κ3) is 3.95. The van der Waals surface area contributed by atoms with Gasteiger partial charge in [-0.1, -0.05) is 6.07 Å².